The van der Waals surface area contributed by atoms with Crippen molar-refractivity contribution in [1.29, 1.82) is 0 Å². The lowest BCUT2D eigenvalue weighted by molar-refractivity contribution is -0.136. The number of aromatic amines is 1. The Morgan fingerprint density at radius 2 is 0.860 bits per heavy atom. The van der Waals surface area contributed by atoms with Crippen molar-refractivity contribution in [2.75, 3.05) is 62.2 Å². The summed E-state index contributed by atoms with van der Waals surface area (Å²) in [5.41, 5.74) is 13.7. The number of nitrogens with two attached hydrogens (primary N) is 1. The van der Waals surface area contributed by atoms with E-state index in [1.165, 1.54) is 23.3 Å². The van der Waals surface area contributed by atoms with Crippen molar-refractivity contribution in [3.05, 3.63) is 168 Å². The number of hydrogen-bond donors (Lipinski definition) is 7. The number of aromatic hydroxyl groups is 1. The normalized spacial score (nSPS) is 18.2. The zero-order valence-corrected chi connectivity index (χ0v) is 84.0. The van der Waals surface area contributed by atoms with E-state index in [9.17, 15) is 57.8 Å². The molecule has 6 heterocycles. The van der Waals surface area contributed by atoms with E-state index in [1.54, 1.807) is 28.9 Å². The van der Waals surface area contributed by atoms with Gasteiger partial charge in [-0.2, -0.15) is 0 Å². The molecule has 6 aromatic rings. The van der Waals surface area contributed by atoms with Crippen molar-refractivity contribution in [3.8, 4) is 17.1 Å². The summed E-state index contributed by atoms with van der Waals surface area (Å²) in [6.07, 6.45) is 10.3. The lowest BCUT2D eigenvalue weighted by atomic mass is 9.99. The fraction of sp³-hybridized carbons (Fsp3) is 0.564. The Hall–Kier alpha value is -8.99. The van der Waals surface area contributed by atoms with E-state index >= 15 is 0 Å². The van der Waals surface area contributed by atoms with Crippen LogP contribution in [0.3, 0.4) is 0 Å². The van der Waals surface area contributed by atoms with Gasteiger partial charge in [-0.15, -0.1) is 5.10 Å². The molecule has 3 unspecified atom stereocenters. The van der Waals surface area contributed by atoms with Gasteiger partial charge >= 0.3 is 23.7 Å². The molecule has 1 aromatic heterocycles. The highest BCUT2D eigenvalue weighted by Gasteiger charge is 2.49. The minimum atomic E-state index is -1.10. The predicted molar refractivity (Wildman–Crippen MR) is 524 cm³/mol. The molecule has 0 radical (unpaired) electrons. The number of carbonyl (C=O) groups excluding carboxylic acids is 9. The van der Waals surface area contributed by atoms with E-state index in [0.29, 0.717) is 66.2 Å². The summed E-state index contributed by atoms with van der Waals surface area (Å²) in [5.74, 6) is 1.91. The number of allylic oxidation sites excluding steroid dienone is 2. The Morgan fingerprint density at radius 3 is 1.22 bits per heavy atom. The average molecular weight is 1930 g/mol. The molecular formula is C101H145Br2ClN12O13. The number of benzene rings is 5. The number of phenolic OH excluding ortho intramolecular Hbond substituents is 1. The number of likely N-dealkylation sites (tertiary alicyclic amines) is 3. The van der Waals surface area contributed by atoms with Crippen LogP contribution in [-0.4, -0.2) is 184 Å². The second-order valence-electron chi connectivity index (χ2n) is 37.9. The number of nitrogens with zero attached hydrogens (tertiary/aromatic N) is 7. The number of piperidine rings is 3. The first kappa shape index (κ1) is 109. The largest absolute Gasteiger partial charge is 0.508 e. The molecule has 5 aliphatic heterocycles. The molecule has 2 saturated carbocycles. The van der Waals surface area contributed by atoms with E-state index < -0.39 is 18.4 Å². The number of carboxylic acids is 1. The summed E-state index contributed by atoms with van der Waals surface area (Å²) >= 11 is 12.5. The van der Waals surface area contributed by atoms with Crippen molar-refractivity contribution in [2.24, 2.45) is 59.2 Å². The molecule has 0 spiro atoms. The third-order valence-corrected chi connectivity index (χ3v) is 25.9. The molecule has 5 aromatic carbocycles. The highest BCUT2D eigenvalue weighted by atomic mass is 79.9. The van der Waals surface area contributed by atoms with Crippen molar-refractivity contribution in [1.82, 2.24) is 44.6 Å². The summed E-state index contributed by atoms with van der Waals surface area (Å²) in [6, 6.07) is 34.4. The van der Waals surface area contributed by atoms with Crippen molar-refractivity contribution >= 4 is 119 Å². The number of H-pyrrole nitrogens is 1. The Bertz CT molecular complexity index is 4660. The quantitative estimate of drug-likeness (QED) is 0.0219. The molecule has 5 amide bonds. The van der Waals surface area contributed by atoms with Gasteiger partial charge < -0.3 is 56.4 Å². The van der Waals surface area contributed by atoms with Crippen molar-refractivity contribution < 1.29 is 58.2 Å². The molecule has 2 aliphatic carbocycles. The van der Waals surface area contributed by atoms with Crippen LogP contribution in [0.15, 0.2) is 129 Å². The van der Waals surface area contributed by atoms with Gasteiger partial charge in [0, 0.05) is 179 Å². The zero-order valence-electron chi connectivity index (χ0n) is 80.1. The summed E-state index contributed by atoms with van der Waals surface area (Å²) in [4.78, 5) is 142. The predicted octanol–water partition coefficient (Wildman–Crippen LogP) is 20.1. The summed E-state index contributed by atoms with van der Waals surface area (Å²) in [7, 11) is 0. The second-order valence-corrected chi connectivity index (χ2v) is 40.1. The average Bonchev–Trinajstić information content (AvgIpc) is 1.64. The zero-order chi connectivity index (χ0) is 96.3. The molecule has 3 saturated heterocycles. The van der Waals surface area contributed by atoms with Crippen LogP contribution in [0.2, 0.25) is 5.02 Å². The number of carbonyl (C=O) groups is 10. The number of carboxylic acid groups (broad SMARTS) is 1. The van der Waals surface area contributed by atoms with Gasteiger partial charge in [-0.25, -0.2) is 19.1 Å². The number of fused-ring (bicyclic) bond motifs is 2. The number of nitrogen functional groups attached to an aromatic ring is 1. The Balaban J connectivity index is 0.000000233. The molecule has 5 fully saturated rings. The Kier molecular flexibility index (Phi) is 43.6. The number of phenols is 1. The van der Waals surface area contributed by atoms with Gasteiger partial charge in [-0.1, -0.05) is 177 Å². The molecule has 13 rings (SSSR count). The van der Waals surface area contributed by atoms with Crippen LogP contribution < -0.4 is 27.4 Å². The van der Waals surface area contributed by atoms with Gasteiger partial charge in [0.2, 0.25) is 0 Å². The summed E-state index contributed by atoms with van der Waals surface area (Å²) in [5, 5.41) is 31.6. The van der Waals surface area contributed by atoms with Crippen LogP contribution in [0.5, 0.6) is 5.75 Å². The number of Topliss-reactive ketones (excluding diaryl/α,β-unsaturated/α-hetero) is 4. The first-order valence-electron chi connectivity index (χ1n) is 46.1. The van der Waals surface area contributed by atoms with Gasteiger partial charge in [-0.05, 0) is 213 Å². The SMILES string of the molecule is CC(C)C(=O)/C=C/C(=O)C(C)C.CC(C)C(=O)C1CC1C(=O)C(C)C.CC(C)C(=O)C1C[C@H]1C(=O)C(C)C.CC(C)N1CCC(N2Cc3ccc(C(=O)NCC(=O)O)cc3NC2=O)CC1.CC(C)N1CCC(N2Cc3ccc(O)cc3NC2=O)CC1.CC(C)N1CCC(n2nc(-c3ccccc3)[nH]c2=O)CC1.CC(C)c1cc(Br)c(N)c(Br)c1.CC(C)c1ccc(Cl)cc1. The molecule has 7 aliphatic rings. The van der Waals surface area contributed by atoms with Crippen molar-refractivity contribution in [2.45, 2.75) is 265 Å². The van der Waals surface area contributed by atoms with E-state index in [2.05, 4.69) is 166 Å². The van der Waals surface area contributed by atoms with Gasteiger partial charge in [0.05, 0.1) is 17.4 Å². The number of aliphatic carboxylic acids is 1. The standard InChI is InChI=1S/C19H26N4O4.C16H22N4O.C16H23N3O2.2C11H18O2.C10H16O2.C9H11Br2N.C9H11Cl/c1-12(2)22-7-5-15(6-8-22)23-11-14-4-3-13(9-16(14)21-19(23)27)18(26)20-10-17(24)25;1-12(2)19-10-8-14(9-11-19)20-16(21)17-15(18-20)13-6-4-3-5-7-13;1-11(2)18-7-5-13(6-8-18)19-10-12-3-4-14(20)9-15(12)17-16(19)21;2*1-6(2)10(12)8-5-9(8)11(13)7(3)4;1-7(2)9(11)5-6-10(12)8(3)4;1-5(2)6-3-7(10)9(12)8(11)4-6;1-7(2)8-3-5-9(10)6-4-8/h3-4,9,12,15H,5-8,10-11H2,1-2H3,(H,20,26)(H,21,27)(H,24,25);3-7,12,14H,8-11H2,1-2H3,(H,17,18,21);3-4,9,11,13,20H,5-8,10H2,1-2H3,(H,17,21);2*6-9H,5H2,1-4H3;5-8H,1-4H3;3-5H,12H2,1-2H3;3-7H,1-2H3/b;;;;;6-5+;;/t;;;8-,9?;;;;/m...1..../s1. The monoisotopic (exact) mass is 1930 g/mol. The summed E-state index contributed by atoms with van der Waals surface area (Å²) < 4.78 is 3.56. The molecule has 708 valence electrons. The van der Waals surface area contributed by atoms with Gasteiger partial charge in [0.1, 0.15) is 35.4 Å². The van der Waals surface area contributed by atoms with Crippen LogP contribution >= 0.6 is 43.5 Å². The number of hydrogen-bond acceptors (Lipinski definition) is 17. The molecular weight excluding hydrogens is 1780 g/mol. The first-order valence-corrected chi connectivity index (χ1v) is 48.0. The number of ketones is 6. The Labute approximate surface area is 787 Å². The van der Waals surface area contributed by atoms with E-state index in [4.69, 9.17) is 22.4 Å². The maximum atomic E-state index is 12.6. The van der Waals surface area contributed by atoms with Crippen LogP contribution in [-0.2, 0) is 46.7 Å². The minimum Gasteiger partial charge on any atom is -0.508 e. The molecule has 129 heavy (non-hydrogen) atoms. The molecule has 0 bridgehead atoms. The van der Waals surface area contributed by atoms with Crippen LogP contribution in [0.1, 0.15) is 254 Å². The smallest absolute Gasteiger partial charge is 0.343 e. The third kappa shape index (κ3) is 34.0. The van der Waals surface area contributed by atoms with E-state index in [0.717, 1.165) is 133 Å². The molecule has 25 nitrogen and oxygen atoms in total. The van der Waals surface area contributed by atoms with Crippen LogP contribution in [0.4, 0.5) is 26.7 Å². The highest BCUT2D eigenvalue weighted by Crippen LogP contribution is 2.44. The molecule has 28 heteroatoms. The third-order valence-electron chi connectivity index (χ3n) is 24.3. The van der Waals surface area contributed by atoms with E-state index in [-0.39, 0.29) is 129 Å². The number of anilines is 3. The molecule has 4 atom stereocenters. The number of aromatic nitrogens is 3. The lowest BCUT2D eigenvalue weighted by Crippen LogP contribution is -2.51. The second kappa shape index (κ2) is 51.7. The molecule has 8 N–H and O–H groups in total. The number of halogens is 3. The van der Waals surface area contributed by atoms with Crippen LogP contribution in [0.25, 0.3) is 11.4 Å². The summed E-state index contributed by atoms with van der Waals surface area (Å²) in [6.45, 7) is 51.2. The highest BCUT2D eigenvalue weighted by molar-refractivity contribution is 9.11. The maximum absolute atomic E-state index is 12.6. The van der Waals surface area contributed by atoms with Crippen LogP contribution in [0, 0.1) is 59.2 Å². The lowest BCUT2D eigenvalue weighted by Gasteiger charge is -2.41. The fourth-order valence-electron chi connectivity index (χ4n) is 15.6. The fourth-order valence-corrected chi connectivity index (χ4v) is 17.0. The number of nitrogens with one attached hydrogen (secondary N) is 4. The van der Waals surface area contributed by atoms with Gasteiger partial charge in [-0.3, -0.25) is 43.3 Å². The Morgan fingerprint density at radius 1 is 0.488 bits per heavy atom. The van der Waals surface area contributed by atoms with Gasteiger partial charge in [0.25, 0.3) is 5.91 Å². The maximum Gasteiger partial charge on any atom is 0.343 e. The number of rotatable bonds is 24. The number of urea groups is 2. The first-order chi connectivity index (χ1) is 60.6. The van der Waals surface area contributed by atoms with E-state index in [1.807, 2.05) is 147 Å². The van der Waals surface area contributed by atoms with Crippen molar-refractivity contribution in [3.63, 3.8) is 0 Å². The minimum absolute atomic E-state index is 0.00370. The van der Waals surface area contributed by atoms with Gasteiger partial charge in [0.15, 0.2) is 17.4 Å². The topological polar surface area (TPSA) is 340 Å². The number of amides is 5.